The highest BCUT2D eigenvalue weighted by molar-refractivity contribution is 5.10. The van der Waals surface area contributed by atoms with E-state index in [0.717, 1.165) is 51.4 Å². The van der Waals surface area contributed by atoms with E-state index in [1.807, 2.05) is 0 Å². The Morgan fingerprint density at radius 3 is 2.39 bits per heavy atom. The molecule has 0 heterocycles. The van der Waals surface area contributed by atoms with Crippen LogP contribution in [0, 0.1) is 22.7 Å². The lowest BCUT2D eigenvalue weighted by Crippen LogP contribution is -2.47. The van der Waals surface area contributed by atoms with Crippen molar-refractivity contribution in [2.45, 2.75) is 119 Å². The molecule has 0 saturated heterocycles. The van der Waals surface area contributed by atoms with E-state index in [-0.39, 0.29) is 10.8 Å². The molecule has 0 unspecified atom stereocenters. The van der Waals surface area contributed by atoms with Gasteiger partial charge in [0.2, 0.25) is 0 Å². The van der Waals surface area contributed by atoms with E-state index in [2.05, 4.69) is 92.3 Å². The topological polar surface area (TPSA) is 20.2 Å². The van der Waals surface area contributed by atoms with Gasteiger partial charge in [-0.15, -0.1) is 6.58 Å². The molecule has 0 radical (unpaired) electrons. The van der Waals surface area contributed by atoms with Crippen LogP contribution in [0.1, 0.15) is 113 Å². The van der Waals surface area contributed by atoms with Crippen LogP contribution in [0.2, 0.25) is 0 Å². The average Bonchev–Trinajstić information content (AvgIpc) is 2.64. The number of aliphatic hydroxyl groups is 1. The summed E-state index contributed by atoms with van der Waals surface area (Å²) in [6.45, 7) is 22.1. The van der Waals surface area contributed by atoms with Gasteiger partial charge in [0.15, 0.2) is 0 Å². The minimum atomic E-state index is -0.517. The van der Waals surface area contributed by atoms with Gasteiger partial charge in [-0.25, -0.2) is 0 Å². The highest BCUT2D eigenvalue weighted by Gasteiger charge is 2.44. The SMILES string of the molecule is C=C[C@@](C)(/C=C/[C@H](C)CC[C@H]1C(C)(C)CCC[C@]1(C)O)CC/C=C(\C)CCC=C(C)C. The number of hydrogen-bond acceptors (Lipinski definition) is 1. The quantitative estimate of drug-likeness (QED) is 0.307. The first-order valence-corrected chi connectivity index (χ1v) is 12.7. The lowest BCUT2D eigenvalue weighted by molar-refractivity contribution is -0.0934. The van der Waals surface area contributed by atoms with Gasteiger partial charge in [-0.3, -0.25) is 0 Å². The van der Waals surface area contributed by atoms with Gasteiger partial charge in [0.25, 0.3) is 0 Å². The predicted octanol–water partition coefficient (Wildman–Crippen LogP) is 9.20. The number of hydrogen-bond donors (Lipinski definition) is 1. The van der Waals surface area contributed by atoms with Crippen molar-refractivity contribution in [2.75, 3.05) is 0 Å². The molecule has 0 spiro atoms. The van der Waals surface area contributed by atoms with Crippen molar-refractivity contribution in [3.63, 3.8) is 0 Å². The van der Waals surface area contributed by atoms with E-state index in [1.165, 1.54) is 17.6 Å². The molecule has 0 bridgehead atoms. The van der Waals surface area contributed by atoms with Gasteiger partial charge in [0.1, 0.15) is 0 Å². The van der Waals surface area contributed by atoms with Gasteiger partial charge in [-0.05, 0) is 96.3 Å². The third kappa shape index (κ3) is 9.94. The molecule has 1 nitrogen and oxygen atoms in total. The summed E-state index contributed by atoms with van der Waals surface area (Å²) in [6.07, 6.45) is 21.7. The van der Waals surface area contributed by atoms with Crippen molar-refractivity contribution in [2.24, 2.45) is 22.7 Å². The second-order valence-corrected chi connectivity index (χ2v) is 11.8. The van der Waals surface area contributed by atoms with Gasteiger partial charge in [0.05, 0.1) is 5.60 Å². The van der Waals surface area contributed by atoms with Crippen LogP contribution in [-0.2, 0) is 0 Å². The molecule has 1 saturated carbocycles. The van der Waals surface area contributed by atoms with Gasteiger partial charge >= 0.3 is 0 Å². The molecule has 0 aromatic carbocycles. The minimum absolute atomic E-state index is 0.0422. The molecule has 1 rings (SSSR count). The zero-order valence-electron chi connectivity index (χ0n) is 22.1. The molecule has 4 atom stereocenters. The highest BCUT2D eigenvalue weighted by Crippen LogP contribution is 2.48. The summed E-state index contributed by atoms with van der Waals surface area (Å²) >= 11 is 0. The second kappa shape index (κ2) is 12.2. The lowest BCUT2D eigenvalue weighted by atomic mass is 9.60. The van der Waals surface area contributed by atoms with Gasteiger partial charge < -0.3 is 5.11 Å². The number of rotatable bonds is 12. The molecular formula is C30H52O. The van der Waals surface area contributed by atoms with Crippen LogP contribution >= 0.6 is 0 Å². The number of allylic oxidation sites excluding steroid dienone is 7. The Hall–Kier alpha value is -1.08. The monoisotopic (exact) mass is 428 g/mol. The molecule has 1 N–H and O–H groups in total. The molecule has 0 aromatic heterocycles. The minimum Gasteiger partial charge on any atom is -0.390 e. The summed E-state index contributed by atoms with van der Waals surface area (Å²) in [6, 6.07) is 0. The standard InChI is InChI=1S/C30H52O/c1-10-29(8,21-12-16-25(4)15-11-14-24(2)3)23-19-26(5)17-18-27-28(6,7)20-13-22-30(27,9)31/h10,14,16,19,23,26-27,31H,1,11-13,15,17-18,20-22H2,2-9H3/b23-19+,25-16+/t26-,27+,29-,30+/m1/s1. The van der Waals surface area contributed by atoms with Crippen LogP contribution < -0.4 is 0 Å². The second-order valence-electron chi connectivity index (χ2n) is 11.8. The van der Waals surface area contributed by atoms with Crippen molar-refractivity contribution in [3.8, 4) is 0 Å². The molecule has 1 aliphatic rings. The Balaban J connectivity index is 2.58. The van der Waals surface area contributed by atoms with Crippen LogP contribution in [0.3, 0.4) is 0 Å². The molecular weight excluding hydrogens is 376 g/mol. The molecule has 31 heavy (non-hydrogen) atoms. The molecule has 0 aliphatic heterocycles. The summed E-state index contributed by atoms with van der Waals surface area (Å²) in [5.41, 5.74) is 2.65. The maximum atomic E-state index is 11.0. The van der Waals surface area contributed by atoms with Crippen molar-refractivity contribution >= 4 is 0 Å². The Labute approximate surface area is 194 Å². The molecule has 1 fully saturated rings. The molecule has 178 valence electrons. The van der Waals surface area contributed by atoms with Crippen molar-refractivity contribution in [1.82, 2.24) is 0 Å². The molecule has 1 heteroatoms. The van der Waals surface area contributed by atoms with Crippen molar-refractivity contribution in [3.05, 3.63) is 48.1 Å². The predicted molar refractivity (Wildman–Crippen MR) is 139 cm³/mol. The maximum absolute atomic E-state index is 11.0. The summed E-state index contributed by atoms with van der Waals surface area (Å²) in [4.78, 5) is 0. The summed E-state index contributed by atoms with van der Waals surface area (Å²) in [5, 5.41) is 11.0. The van der Waals surface area contributed by atoms with E-state index >= 15 is 0 Å². The summed E-state index contributed by atoms with van der Waals surface area (Å²) in [7, 11) is 0. The third-order valence-electron chi connectivity index (χ3n) is 7.65. The summed E-state index contributed by atoms with van der Waals surface area (Å²) in [5.74, 6) is 0.906. The van der Waals surface area contributed by atoms with Crippen molar-refractivity contribution in [1.29, 1.82) is 0 Å². The van der Waals surface area contributed by atoms with E-state index < -0.39 is 5.60 Å². The zero-order chi connectivity index (χ0) is 23.7. The normalized spacial score (nSPS) is 27.0. The fourth-order valence-electron chi connectivity index (χ4n) is 5.28. The zero-order valence-corrected chi connectivity index (χ0v) is 22.1. The largest absolute Gasteiger partial charge is 0.390 e. The Morgan fingerprint density at radius 1 is 1.13 bits per heavy atom. The van der Waals surface area contributed by atoms with Crippen LogP contribution in [-0.4, -0.2) is 10.7 Å². The molecule has 0 aromatic rings. The smallest absolute Gasteiger partial charge is 0.0652 e. The summed E-state index contributed by atoms with van der Waals surface area (Å²) < 4.78 is 0. The van der Waals surface area contributed by atoms with Crippen LogP contribution in [0.15, 0.2) is 48.1 Å². The fraction of sp³-hybridized carbons (Fsp3) is 0.733. The Bertz CT molecular complexity index is 625. The fourth-order valence-corrected chi connectivity index (χ4v) is 5.28. The highest BCUT2D eigenvalue weighted by atomic mass is 16.3. The first-order chi connectivity index (χ1) is 14.3. The Kier molecular flexibility index (Phi) is 11.0. The van der Waals surface area contributed by atoms with Crippen LogP contribution in [0.4, 0.5) is 0 Å². The first-order valence-electron chi connectivity index (χ1n) is 12.7. The van der Waals surface area contributed by atoms with E-state index in [4.69, 9.17) is 0 Å². The lowest BCUT2D eigenvalue weighted by Gasteiger charge is -2.48. The maximum Gasteiger partial charge on any atom is 0.0652 e. The van der Waals surface area contributed by atoms with E-state index in [1.54, 1.807) is 0 Å². The first kappa shape index (κ1) is 28.0. The van der Waals surface area contributed by atoms with Gasteiger partial charge in [-0.1, -0.05) is 75.6 Å². The third-order valence-corrected chi connectivity index (χ3v) is 7.65. The van der Waals surface area contributed by atoms with Crippen LogP contribution in [0.25, 0.3) is 0 Å². The van der Waals surface area contributed by atoms with Gasteiger partial charge in [-0.2, -0.15) is 0 Å². The van der Waals surface area contributed by atoms with E-state index in [9.17, 15) is 5.11 Å². The van der Waals surface area contributed by atoms with Crippen LogP contribution in [0.5, 0.6) is 0 Å². The van der Waals surface area contributed by atoms with Gasteiger partial charge in [0, 0.05) is 5.41 Å². The Morgan fingerprint density at radius 2 is 1.81 bits per heavy atom. The average molecular weight is 429 g/mol. The van der Waals surface area contributed by atoms with E-state index in [0.29, 0.717) is 11.8 Å². The molecule has 1 aliphatic carbocycles. The van der Waals surface area contributed by atoms with Crippen molar-refractivity contribution < 1.29 is 5.11 Å². The molecule has 0 amide bonds.